The van der Waals surface area contributed by atoms with Gasteiger partial charge in [-0.25, -0.2) is 0 Å². The van der Waals surface area contributed by atoms with Gasteiger partial charge >= 0.3 is 179 Å². The number of hydrogen-bond donors (Lipinski definition) is 0. The Morgan fingerprint density at radius 2 is 0.400 bits per heavy atom. The first-order valence-electron chi connectivity index (χ1n) is 2.83. The maximum atomic E-state index is 8.53. The summed E-state index contributed by atoms with van der Waals surface area (Å²) in [5.74, 6) is 0. The Hall–Kier alpha value is 2.03. The first-order chi connectivity index (χ1) is 8.49. The quantitative estimate of drug-likeness (QED) is 0.210. The zero-order valence-electron chi connectivity index (χ0n) is 9.35. The van der Waals surface area contributed by atoms with E-state index in [1.54, 1.807) is 0 Å². The van der Waals surface area contributed by atoms with Crippen LogP contribution in [0, 0.1) is 0 Å². The third-order valence-corrected chi connectivity index (χ3v) is 0. The molecule has 0 amide bonds. The van der Waals surface area contributed by atoms with Gasteiger partial charge in [0.1, 0.15) is 0 Å². The van der Waals surface area contributed by atoms with E-state index in [0.29, 0.717) is 0 Å². The van der Waals surface area contributed by atoms with Crippen LogP contribution in [0.4, 0.5) is 0 Å². The van der Waals surface area contributed by atoms with Crippen LogP contribution < -0.4 is 24.8 Å². The van der Waals surface area contributed by atoms with Crippen molar-refractivity contribution in [1.29, 1.82) is 0 Å². The average Bonchev–Trinajstić information content (AvgIpc) is 2.23. The molecule has 111 valence electrons. The molecule has 0 aromatic carbocycles. The summed E-state index contributed by atoms with van der Waals surface area (Å²) in [6, 6.07) is 0. The van der Waals surface area contributed by atoms with E-state index in [1.165, 1.54) is 0 Å². The molecule has 0 saturated heterocycles. The second kappa shape index (κ2) is 131. The summed E-state index contributed by atoms with van der Waals surface area (Å²) in [5.41, 5.74) is 0. The normalized spacial score (nSPS) is 3.60. The third-order valence-electron chi connectivity index (χ3n) is 0. The minimum atomic E-state index is -2.19. The van der Waals surface area contributed by atoms with Gasteiger partial charge in [0.05, 0.1) is 0 Å². The van der Waals surface area contributed by atoms with Gasteiger partial charge in [-0.3, -0.25) is 0 Å². The molecule has 20 heteroatoms. The molecule has 0 atom stereocenters. The number of hydrogen-bond acceptors (Lipinski definition) is 12. The Kier molecular flexibility index (Phi) is 324. The molecular formula is H6CrGaGe6O12. The summed E-state index contributed by atoms with van der Waals surface area (Å²) >= 11 is -13.1. The van der Waals surface area contributed by atoms with Crippen LogP contribution in [0.3, 0.4) is 0 Å². The fourth-order valence-electron chi connectivity index (χ4n) is 0. The van der Waals surface area contributed by atoms with E-state index >= 15 is 0 Å². The van der Waals surface area contributed by atoms with E-state index in [0.717, 1.165) is 0 Å². The van der Waals surface area contributed by atoms with Crippen molar-refractivity contribution in [3.63, 3.8) is 0 Å². The van der Waals surface area contributed by atoms with Crippen LogP contribution in [0.1, 0.15) is 0 Å². The predicted molar refractivity (Wildman–Crippen MR) is 52.8 cm³/mol. The van der Waals surface area contributed by atoms with Gasteiger partial charge in [0.25, 0.3) is 0 Å². The monoisotopic (exact) mass is 762 g/mol. The Bertz CT molecular complexity index is 119. The SMILES string of the molecule is [Cr+3].[Ga+3].[O]=[GeH][O-].[O]=[GeH][O-].[O]=[GeH][O-].[O]=[GeH][O-].[O]=[GeH][O-].[O]=[GeH][O-]. The third kappa shape index (κ3) is 1770. The molecule has 0 unspecified atom stereocenters. The van der Waals surface area contributed by atoms with Gasteiger partial charge < -0.3 is 0 Å². The molecule has 0 saturated carbocycles. The molecule has 0 aliphatic rings. The first kappa shape index (κ1) is 49.5. The van der Waals surface area contributed by atoms with Crippen LogP contribution in [0.2, 0.25) is 0 Å². The summed E-state index contributed by atoms with van der Waals surface area (Å²) < 4.78 is 102. The van der Waals surface area contributed by atoms with Gasteiger partial charge in [0, 0.05) is 0 Å². The van der Waals surface area contributed by atoms with Crippen LogP contribution in [0.15, 0.2) is 0 Å². The van der Waals surface area contributed by atoms with Crippen molar-refractivity contribution in [1.82, 2.24) is 0 Å². The maximum absolute atomic E-state index is 8.53. The van der Waals surface area contributed by atoms with E-state index in [9.17, 15) is 0 Å². The molecule has 0 N–H and O–H groups in total. The van der Waals surface area contributed by atoms with Crippen LogP contribution >= 0.6 is 0 Å². The van der Waals surface area contributed by atoms with Crippen LogP contribution in [-0.4, -0.2) is 114 Å². The van der Waals surface area contributed by atoms with E-state index in [-0.39, 0.29) is 37.2 Å². The molecule has 0 bridgehead atoms. The second-order valence-electron chi connectivity index (χ2n) is 0.577. The fraction of sp³-hybridized carbons (Fsp3) is 0. The van der Waals surface area contributed by atoms with Gasteiger partial charge in [-0.05, 0) is 0 Å². The molecule has 0 aliphatic carbocycles. The molecule has 0 spiro atoms. The van der Waals surface area contributed by atoms with Gasteiger partial charge in [0.15, 0.2) is 0 Å². The van der Waals surface area contributed by atoms with Crippen LogP contribution in [0.25, 0.3) is 0 Å². The summed E-state index contributed by atoms with van der Waals surface area (Å²) in [6.07, 6.45) is 0. The van der Waals surface area contributed by atoms with Crippen molar-refractivity contribution in [3.05, 3.63) is 0 Å². The van der Waals surface area contributed by atoms with Gasteiger partial charge in [-0.1, -0.05) is 0 Å². The summed E-state index contributed by atoms with van der Waals surface area (Å²) in [7, 11) is 0. The first-order valence-corrected chi connectivity index (χ1v) is 14.7. The molecule has 12 nitrogen and oxygen atoms in total. The van der Waals surface area contributed by atoms with Gasteiger partial charge in [0.2, 0.25) is 0 Å². The van der Waals surface area contributed by atoms with E-state index in [2.05, 4.69) is 0 Å². The number of rotatable bonds is 0. The molecule has 0 fully saturated rings. The Morgan fingerprint density at radius 3 is 0.400 bits per heavy atom. The fourth-order valence-corrected chi connectivity index (χ4v) is 0. The van der Waals surface area contributed by atoms with Crippen LogP contribution in [-0.2, 0) is 40.0 Å². The zero-order valence-corrected chi connectivity index (χ0v) is 27.6. The second-order valence-corrected chi connectivity index (χ2v) is 3.00. The zero-order chi connectivity index (χ0) is 16.2. The Balaban J connectivity index is -0.0000000141. The van der Waals surface area contributed by atoms with Crippen molar-refractivity contribution in [2.24, 2.45) is 0 Å². The van der Waals surface area contributed by atoms with Crippen LogP contribution in [0.5, 0.6) is 0 Å². The van der Waals surface area contributed by atoms with Crippen molar-refractivity contribution < 1.29 is 64.8 Å². The molecular weight excluding hydrogens is 749 g/mol. The van der Waals surface area contributed by atoms with Crippen molar-refractivity contribution in [2.75, 3.05) is 0 Å². The predicted octanol–water partition coefficient (Wildman–Crippen LogP) is -12.1. The summed E-state index contributed by atoms with van der Waals surface area (Å²) in [4.78, 5) is 0. The van der Waals surface area contributed by atoms with Crippen molar-refractivity contribution in [3.8, 4) is 0 Å². The molecule has 0 aromatic rings. The Labute approximate surface area is 176 Å². The average molecular weight is 755 g/mol. The molecule has 0 aliphatic heterocycles. The van der Waals surface area contributed by atoms with Gasteiger partial charge in [-0.15, -0.1) is 0 Å². The van der Waals surface area contributed by atoms with Crippen molar-refractivity contribution >= 4 is 114 Å². The minimum absolute atomic E-state index is 0. The van der Waals surface area contributed by atoms with Gasteiger partial charge in [-0.2, -0.15) is 0 Å². The molecule has 0 heterocycles. The molecule has 0 rings (SSSR count). The molecule has 0 aromatic heterocycles. The van der Waals surface area contributed by atoms with E-state index < -0.39 is 94.2 Å². The topological polar surface area (TPSA) is 241 Å². The standard InChI is InChI=1S/Cr.Ga.6GeHO2/c;;6*2-1-3/h;;6*1H/q2*+3;6*-1. The molecule has 1 radical (unpaired) electrons. The summed E-state index contributed by atoms with van der Waals surface area (Å²) in [6.45, 7) is 0. The summed E-state index contributed by atoms with van der Waals surface area (Å²) in [5, 5.41) is 0. The van der Waals surface area contributed by atoms with E-state index in [4.69, 9.17) is 47.5 Å². The molecule has 20 heavy (non-hydrogen) atoms. The van der Waals surface area contributed by atoms with E-state index in [1.807, 2.05) is 0 Å². The van der Waals surface area contributed by atoms with Crippen molar-refractivity contribution in [2.45, 2.75) is 0 Å². The Morgan fingerprint density at radius 1 is 0.400 bits per heavy atom.